The second-order valence-electron chi connectivity index (χ2n) is 7.03. The number of carbonyl (C=O) groups is 1. The van der Waals surface area contributed by atoms with Crippen molar-refractivity contribution >= 4 is 37.5 Å². The zero-order chi connectivity index (χ0) is 22.1. The van der Waals surface area contributed by atoms with Gasteiger partial charge in [0.1, 0.15) is 5.69 Å². The molecule has 0 spiro atoms. The monoisotopic (exact) mass is 451 g/mol. The summed E-state index contributed by atoms with van der Waals surface area (Å²) in [5.41, 5.74) is 1.90. The van der Waals surface area contributed by atoms with Gasteiger partial charge in [0, 0.05) is 19.2 Å². The first kappa shape index (κ1) is 22.3. The Bertz CT molecular complexity index is 1250. The Morgan fingerprint density at radius 3 is 2.70 bits per heavy atom. The molecule has 3 aromatic rings. The van der Waals surface area contributed by atoms with E-state index in [0.29, 0.717) is 35.0 Å². The zero-order valence-corrected chi connectivity index (χ0v) is 19.0. The van der Waals surface area contributed by atoms with Crippen molar-refractivity contribution in [1.29, 1.82) is 0 Å². The molecule has 9 nitrogen and oxygen atoms in total. The number of carbonyl (C=O) groups excluding carboxylic acids is 1. The first-order valence-corrected chi connectivity index (χ1v) is 11.9. The number of hydrogen-bond donors (Lipinski definition) is 1. The molecule has 2 N–H and O–H groups in total. The average molecular weight is 452 g/mol. The topological polar surface area (TPSA) is 122 Å². The number of hydrogen-bond acceptors (Lipinski definition) is 6. The predicted octanol–water partition coefficient (Wildman–Crippen LogP) is 2.21. The lowest BCUT2D eigenvalue weighted by Crippen LogP contribution is -2.21. The molecule has 0 atom stereocenters. The van der Waals surface area contributed by atoms with Gasteiger partial charge in [0.05, 0.1) is 27.4 Å². The lowest BCUT2D eigenvalue weighted by molar-refractivity contribution is 0.0984. The highest BCUT2D eigenvalue weighted by atomic mass is 32.2. The molecule has 0 fully saturated rings. The number of aryl methyl sites for hydroxylation is 1. The predicted molar refractivity (Wildman–Crippen MR) is 115 cm³/mol. The standard InChI is InChI=1S/C19H25N5O4S2/c1-5-28-9-8-23-15-7-6-14(30(20,26)27)11-17(15)29-19(23)21-18(25)16-10-13(4)22-24(16)12(2)3/h6-7,10-12H,5,8-9H2,1-4H3,(H2,20,26,27). The van der Waals surface area contributed by atoms with Crippen LogP contribution in [-0.2, 0) is 21.3 Å². The molecular formula is C19H25N5O4S2. The Balaban J connectivity index is 2.15. The van der Waals surface area contributed by atoms with Crippen LogP contribution in [0.15, 0.2) is 34.2 Å². The van der Waals surface area contributed by atoms with E-state index in [4.69, 9.17) is 9.88 Å². The number of benzene rings is 1. The van der Waals surface area contributed by atoms with Gasteiger partial charge in [-0.25, -0.2) is 13.6 Å². The molecule has 11 heteroatoms. The maximum atomic E-state index is 13.0. The van der Waals surface area contributed by atoms with Crippen molar-refractivity contribution in [3.63, 3.8) is 0 Å². The molecule has 2 aromatic heterocycles. The van der Waals surface area contributed by atoms with Crippen molar-refractivity contribution in [1.82, 2.24) is 14.3 Å². The molecule has 0 aliphatic carbocycles. The number of nitrogens with zero attached hydrogens (tertiary/aromatic N) is 4. The number of thiazole rings is 1. The van der Waals surface area contributed by atoms with Gasteiger partial charge in [0.25, 0.3) is 5.91 Å². The van der Waals surface area contributed by atoms with Gasteiger partial charge in [-0.3, -0.25) is 9.48 Å². The van der Waals surface area contributed by atoms with E-state index < -0.39 is 15.9 Å². The van der Waals surface area contributed by atoms with Gasteiger partial charge in [-0.2, -0.15) is 10.1 Å². The second-order valence-corrected chi connectivity index (χ2v) is 9.60. The third-order valence-corrected chi connectivity index (χ3v) is 6.36. The van der Waals surface area contributed by atoms with Gasteiger partial charge in [-0.05, 0) is 52.0 Å². The minimum atomic E-state index is -3.83. The Labute approximate surface area is 178 Å². The van der Waals surface area contributed by atoms with Crippen LogP contribution in [0.1, 0.15) is 43.0 Å². The summed E-state index contributed by atoms with van der Waals surface area (Å²) < 4.78 is 33.1. The van der Waals surface area contributed by atoms with Crippen molar-refractivity contribution < 1.29 is 17.9 Å². The lowest BCUT2D eigenvalue weighted by atomic mass is 10.3. The van der Waals surface area contributed by atoms with Gasteiger partial charge in [-0.1, -0.05) is 11.3 Å². The summed E-state index contributed by atoms with van der Waals surface area (Å²) in [5, 5.41) is 9.63. The van der Waals surface area contributed by atoms with Crippen LogP contribution in [0, 0.1) is 6.92 Å². The van der Waals surface area contributed by atoms with Gasteiger partial charge < -0.3 is 9.30 Å². The fourth-order valence-corrected chi connectivity index (χ4v) is 4.75. The van der Waals surface area contributed by atoms with Crippen LogP contribution in [0.3, 0.4) is 0 Å². The molecule has 30 heavy (non-hydrogen) atoms. The third-order valence-electron chi connectivity index (χ3n) is 4.41. The number of fused-ring (bicyclic) bond motifs is 1. The van der Waals surface area contributed by atoms with Gasteiger partial charge in [0.2, 0.25) is 10.0 Å². The summed E-state index contributed by atoms with van der Waals surface area (Å²) in [7, 11) is -3.83. The molecule has 0 aliphatic heterocycles. The van der Waals surface area contributed by atoms with E-state index in [0.717, 1.165) is 11.2 Å². The molecule has 0 aliphatic rings. The summed E-state index contributed by atoms with van der Waals surface area (Å²) in [6.07, 6.45) is 0. The molecule has 1 amide bonds. The normalized spacial score (nSPS) is 12.9. The number of sulfonamides is 1. The first-order chi connectivity index (χ1) is 14.1. The van der Waals surface area contributed by atoms with Crippen LogP contribution < -0.4 is 9.94 Å². The minimum absolute atomic E-state index is 0.0117. The Kier molecular flexibility index (Phi) is 6.56. The molecule has 0 radical (unpaired) electrons. The van der Waals surface area contributed by atoms with Crippen molar-refractivity contribution in [2.24, 2.45) is 10.1 Å². The van der Waals surface area contributed by atoms with Crippen LogP contribution in [0.2, 0.25) is 0 Å². The van der Waals surface area contributed by atoms with Gasteiger partial charge >= 0.3 is 0 Å². The molecule has 1 aromatic carbocycles. The van der Waals surface area contributed by atoms with Crippen molar-refractivity contribution in [3.8, 4) is 0 Å². The fraction of sp³-hybridized carbons (Fsp3) is 0.421. The van der Waals surface area contributed by atoms with E-state index in [-0.39, 0.29) is 10.9 Å². The van der Waals surface area contributed by atoms with E-state index in [2.05, 4.69) is 10.1 Å². The number of amides is 1. The van der Waals surface area contributed by atoms with E-state index in [1.807, 2.05) is 32.3 Å². The van der Waals surface area contributed by atoms with E-state index in [1.165, 1.54) is 23.5 Å². The Morgan fingerprint density at radius 1 is 1.33 bits per heavy atom. The second kappa shape index (κ2) is 8.80. The molecule has 0 saturated heterocycles. The van der Waals surface area contributed by atoms with Gasteiger partial charge in [0.15, 0.2) is 4.80 Å². The van der Waals surface area contributed by atoms with E-state index in [9.17, 15) is 13.2 Å². The van der Waals surface area contributed by atoms with Gasteiger partial charge in [-0.15, -0.1) is 0 Å². The number of ether oxygens (including phenoxy) is 1. The van der Waals surface area contributed by atoms with Crippen LogP contribution in [-0.4, -0.2) is 41.9 Å². The molecule has 0 unspecified atom stereocenters. The summed E-state index contributed by atoms with van der Waals surface area (Å²) in [6.45, 7) is 9.09. The highest BCUT2D eigenvalue weighted by molar-refractivity contribution is 7.89. The Hall–Kier alpha value is -2.34. The maximum absolute atomic E-state index is 13.0. The molecule has 3 rings (SSSR count). The van der Waals surface area contributed by atoms with Crippen LogP contribution in [0.25, 0.3) is 10.2 Å². The Morgan fingerprint density at radius 2 is 2.07 bits per heavy atom. The SMILES string of the molecule is CCOCCn1c(=NC(=O)c2cc(C)nn2C(C)C)sc2cc(S(N)(=O)=O)ccc21. The molecular weight excluding hydrogens is 426 g/mol. The summed E-state index contributed by atoms with van der Waals surface area (Å²) in [4.78, 5) is 17.8. The van der Waals surface area contributed by atoms with E-state index >= 15 is 0 Å². The van der Waals surface area contributed by atoms with Crippen molar-refractivity contribution in [2.45, 2.75) is 45.2 Å². The quantitative estimate of drug-likeness (QED) is 0.552. The maximum Gasteiger partial charge on any atom is 0.297 e. The molecule has 162 valence electrons. The first-order valence-electron chi connectivity index (χ1n) is 9.51. The van der Waals surface area contributed by atoms with E-state index in [1.54, 1.807) is 16.8 Å². The van der Waals surface area contributed by atoms with Crippen molar-refractivity contribution in [2.75, 3.05) is 13.2 Å². The van der Waals surface area contributed by atoms with Crippen LogP contribution >= 0.6 is 11.3 Å². The largest absolute Gasteiger partial charge is 0.380 e. The molecule has 2 heterocycles. The summed E-state index contributed by atoms with van der Waals surface area (Å²) >= 11 is 1.23. The summed E-state index contributed by atoms with van der Waals surface area (Å²) in [5.74, 6) is -0.410. The number of nitrogens with two attached hydrogens (primary N) is 1. The lowest BCUT2D eigenvalue weighted by Gasteiger charge is -2.08. The molecule has 0 saturated carbocycles. The number of rotatable bonds is 7. The highest BCUT2D eigenvalue weighted by Crippen LogP contribution is 2.21. The minimum Gasteiger partial charge on any atom is -0.380 e. The summed E-state index contributed by atoms with van der Waals surface area (Å²) in [6, 6.07) is 6.34. The third kappa shape index (κ3) is 4.69. The number of aromatic nitrogens is 3. The van der Waals surface area contributed by atoms with Crippen LogP contribution in [0.4, 0.5) is 0 Å². The fourth-order valence-electron chi connectivity index (χ4n) is 3.05. The zero-order valence-electron chi connectivity index (χ0n) is 17.3. The smallest absolute Gasteiger partial charge is 0.297 e. The van der Waals surface area contributed by atoms with Crippen molar-refractivity contribution in [3.05, 3.63) is 40.5 Å². The highest BCUT2D eigenvalue weighted by Gasteiger charge is 2.17. The molecule has 0 bridgehead atoms. The van der Waals surface area contributed by atoms with Crippen LogP contribution in [0.5, 0.6) is 0 Å². The average Bonchev–Trinajstić information content (AvgIpc) is 3.21. The number of primary sulfonamides is 1.